The SMILES string of the molecule is N#Cc1csc(-c2c(Cl)[c]nc3ccccc23)n1. The first-order valence-corrected chi connectivity index (χ1v) is 6.37. The topological polar surface area (TPSA) is 49.6 Å². The molecule has 0 N–H and O–H groups in total. The van der Waals surface area contributed by atoms with Gasteiger partial charge in [-0.25, -0.2) is 9.97 Å². The number of hydrogen-bond acceptors (Lipinski definition) is 4. The van der Waals surface area contributed by atoms with Crippen molar-refractivity contribution in [3.05, 3.63) is 46.6 Å². The zero-order valence-electron chi connectivity index (χ0n) is 9.01. The average molecular weight is 271 g/mol. The molecule has 3 aromatic rings. The van der Waals surface area contributed by atoms with E-state index < -0.39 is 0 Å². The van der Waals surface area contributed by atoms with E-state index in [2.05, 4.69) is 16.2 Å². The lowest BCUT2D eigenvalue weighted by Gasteiger charge is -2.04. The molecular weight excluding hydrogens is 266 g/mol. The highest BCUT2D eigenvalue weighted by molar-refractivity contribution is 7.13. The van der Waals surface area contributed by atoms with Crippen molar-refractivity contribution in [1.29, 1.82) is 5.26 Å². The minimum Gasteiger partial charge on any atom is -0.244 e. The van der Waals surface area contributed by atoms with Crippen molar-refractivity contribution in [2.24, 2.45) is 0 Å². The highest BCUT2D eigenvalue weighted by atomic mass is 35.5. The Balaban J connectivity index is 2.34. The van der Waals surface area contributed by atoms with Crippen LogP contribution in [-0.2, 0) is 0 Å². The van der Waals surface area contributed by atoms with Crippen molar-refractivity contribution in [3.63, 3.8) is 0 Å². The van der Waals surface area contributed by atoms with Gasteiger partial charge in [0, 0.05) is 16.3 Å². The van der Waals surface area contributed by atoms with E-state index in [-0.39, 0.29) is 0 Å². The molecule has 0 atom stereocenters. The van der Waals surface area contributed by atoms with Crippen molar-refractivity contribution in [1.82, 2.24) is 9.97 Å². The molecule has 1 aromatic carbocycles. The first-order chi connectivity index (χ1) is 8.79. The van der Waals surface area contributed by atoms with E-state index in [4.69, 9.17) is 16.9 Å². The Morgan fingerprint density at radius 2 is 2.17 bits per heavy atom. The van der Waals surface area contributed by atoms with Crippen LogP contribution in [0.4, 0.5) is 0 Å². The summed E-state index contributed by atoms with van der Waals surface area (Å²) in [4.78, 5) is 8.38. The van der Waals surface area contributed by atoms with Gasteiger partial charge in [0.15, 0.2) is 5.69 Å². The molecule has 0 aliphatic heterocycles. The molecule has 85 valence electrons. The maximum Gasteiger partial charge on any atom is 0.152 e. The van der Waals surface area contributed by atoms with Gasteiger partial charge in [0.25, 0.3) is 0 Å². The monoisotopic (exact) mass is 270 g/mol. The molecule has 0 aliphatic carbocycles. The Kier molecular flexibility index (Phi) is 2.71. The van der Waals surface area contributed by atoms with Gasteiger partial charge in [-0.2, -0.15) is 5.26 Å². The lowest BCUT2D eigenvalue weighted by atomic mass is 10.1. The highest BCUT2D eigenvalue weighted by Gasteiger charge is 2.13. The summed E-state index contributed by atoms with van der Waals surface area (Å²) >= 11 is 7.55. The fourth-order valence-electron chi connectivity index (χ4n) is 1.71. The number of pyridine rings is 1. The molecular formula is C13H5ClN3S. The second-order valence-electron chi connectivity index (χ2n) is 3.58. The third kappa shape index (κ3) is 1.74. The second kappa shape index (κ2) is 4.37. The largest absolute Gasteiger partial charge is 0.244 e. The van der Waals surface area contributed by atoms with Crippen LogP contribution in [0.3, 0.4) is 0 Å². The Hall–Kier alpha value is -1.96. The molecule has 0 saturated heterocycles. The van der Waals surface area contributed by atoms with Gasteiger partial charge in [0.2, 0.25) is 0 Å². The van der Waals surface area contributed by atoms with Crippen molar-refractivity contribution in [3.8, 4) is 16.6 Å². The minimum atomic E-state index is 0.395. The van der Waals surface area contributed by atoms with Crippen molar-refractivity contribution >= 4 is 33.8 Å². The van der Waals surface area contributed by atoms with Crippen molar-refractivity contribution in [2.75, 3.05) is 0 Å². The lowest BCUT2D eigenvalue weighted by Crippen LogP contribution is -1.86. The second-order valence-corrected chi connectivity index (χ2v) is 4.82. The summed E-state index contributed by atoms with van der Waals surface area (Å²) in [5.74, 6) is 0. The van der Waals surface area contributed by atoms with Crippen LogP contribution in [0.25, 0.3) is 21.5 Å². The zero-order valence-corrected chi connectivity index (χ0v) is 10.6. The van der Waals surface area contributed by atoms with Gasteiger partial charge < -0.3 is 0 Å². The molecule has 0 spiro atoms. The number of hydrogen-bond donors (Lipinski definition) is 0. The number of nitriles is 1. The molecule has 0 aliphatic rings. The number of halogens is 1. The number of benzene rings is 1. The fraction of sp³-hybridized carbons (Fsp3) is 0. The van der Waals surface area contributed by atoms with Crippen LogP contribution in [0.5, 0.6) is 0 Å². The van der Waals surface area contributed by atoms with Gasteiger partial charge in [-0.3, -0.25) is 0 Å². The Morgan fingerprint density at radius 1 is 1.33 bits per heavy atom. The molecule has 2 aromatic heterocycles. The number of rotatable bonds is 1. The normalized spacial score (nSPS) is 10.4. The van der Waals surface area contributed by atoms with Gasteiger partial charge in [-0.1, -0.05) is 29.8 Å². The van der Waals surface area contributed by atoms with Crippen molar-refractivity contribution < 1.29 is 0 Å². The first kappa shape index (κ1) is 11.1. The smallest absolute Gasteiger partial charge is 0.152 e. The van der Waals surface area contributed by atoms with Crippen LogP contribution in [0.1, 0.15) is 5.69 Å². The third-order valence-corrected chi connectivity index (χ3v) is 3.63. The van der Waals surface area contributed by atoms with Gasteiger partial charge in [-0.15, -0.1) is 11.3 Å². The van der Waals surface area contributed by atoms with E-state index >= 15 is 0 Å². The van der Waals surface area contributed by atoms with Gasteiger partial charge in [-0.05, 0) is 6.07 Å². The third-order valence-electron chi connectivity index (χ3n) is 2.50. The number of para-hydroxylation sites is 1. The molecule has 1 radical (unpaired) electrons. The molecule has 0 unspecified atom stereocenters. The summed E-state index contributed by atoms with van der Waals surface area (Å²) in [6.07, 6.45) is 2.77. The molecule has 0 saturated carbocycles. The van der Waals surface area contributed by atoms with Gasteiger partial charge in [0.1, 0.15) is 17.3 Å². The molecule has 0 bridgehead atoms. The van der Waals surface area contributed by atoms with Crippen molar-refractivity contribution in [2.45, 2.75) is 0 Å². The number of fused-ring (bicyclic) bond motifs is 1. The van der Waals surface area contributed by atoms with Crippen LogP contribution in [0.15, 0.2) is 29.6 Å². The maximum atomic E-state index is 8.82. The Bertz CT molecular complexity index is 773. The summed E-state index contributed by atoms with van der Waals surface area (Å²) in [5, 5.41) is 12.6. The Labute approximate surface area is 112 Å². The minimum absolute atomic E-state index is 0.395. The molecule has 5 heteroatoms. The summed E-state index contributed by atoms with van der Waals surface area (Å²) in [6.45, 7) is 0. The quantitative estimate of drug-likeness (QED) is 0.678. The summed E-state index contributed by atoms with van der Waals surface area (Å²) in [5.41, 5.74) is 1.99. The van der Waals surface area contributed by atoms with Crippen LogP contribution >= 0.6 is 22.9 Å². The summed E-state index contributed by atoms with van der Waals surface area (Å²) in [6, 6.07) is 9.67. The Morgan fingerprint density at radius 3 is 2.94 bits per heavy atom. The van der Waals surface area contributed by atoms with E-state index in [1.165, 1.54) is 11.3 Å². The standard InChI is InChI=1S/C13H5ClN3S/c14-10-6-16-11-4-2-1-3-9(11)12(10)13-17-8(5-15)7-18-13/h1-4,7H. The zero-order chi connectivity index (χ0) is 12.5. The van der Waals surface area contributed by atoms with Crippen LogP contribution in [0.2, 0.25) is 5.02 Å². The lowest BCUT2D eigenvalue weighted by molar-refractivity contribution is 1.33. The van der Waals surface area contributed by atoms with Crippen LogP contribution < -0.4 is 0 Å². The molecule has 3 rings (SSSR count). The molecule has 0 fully saturated rings. The first-order valence-electron chi connectivity index (χ1n) is 5.11. The predicted octanol–water partition coefficient (Wildman–Crippen LogP) is 3.68. The predicted molar refractivity (Wildman–Crippen MR) is 71.4 cm³/mol. The molecule has 2 heterocycles. The van der Waals surface area contributed by atoms with E-state index in [9.17, 15) is 0 Å². The summed E-state index contributed by atoms with van der Waals surface area (Å²) < 4.78 is 0. The molecule has 0 amide bonds. The fourth-order valence-corrected chi connectivity index (χ4v) is 2.81. The number of nitrogens with zero attached hydrogens (tertiary/aromatic N) is 3. The molecule has 3 nitrogen and oxygen atoms in total. The number of aromatic nitrogens is 2. The van der Waals surface area contributed by atoms with Crippen LogP contribution in [0, 0.1) is 17.5 Å². The van der Waals surface area contributed by atoms with E-state index in [0.717, 1.165) is 16.5 Å². The summed E-state index contributed by atoms with van der Waals surface area (Å²) in [7, 11) is 0. The average Bonchev–Trinajstić information content (AvgIpc) is 2.87. The van der Waals surface area contributed by atoms with Gasteiger partial charge in [0.05, 0.1) is 10.5 Å². The number of thiazole rings is 1. The van der Waals surface area contributed by atoms with Crippen LogP contribution in [-0.4, -0.2) is 9.97 Å². The van der Waals surface area contributed by atoms with Gasteiger partial charge >= 0.3 is 0 Å². The maximum absolute atomic E-state index is 8.82. The van der Waals surface area contributed by atoms with E-state index in [1.807, 2.05) is 30.3 Å². The van der Waals surface area contributed by atoms with E-state index in [0.29, 0.717) is 15.7 Å². The highest BCUT2D eigenvalue weighted by Crippen LogP contribution is 2.35. The van der Waals surface area contributed by atoms with E-state index in [1.54, 1.807) is 5.38 Å². The molecule has 18 heavy (non-hydrogen) atoms.